The molecule has 17 nitrogen and oxygen atoms in total. The van der Waals surface area contributed by atoms with Crippen molar-refractivity contribution in [3.63, 3.8) is 0 Å². The molecule has 0 bridgehead atoms. The fraction of sp³-hybridized carbons (Fsp3) is 0.951. The number of ether oxygens (including phenoxy) is 4. The van der Waals surface area contributed by atoms with Gasteiger partial charge in [-0.1, -0.05) is 370 Å². The molecule has 3 unspecified atom stereocenters. The monoisotopic (exact) mass is 1470 g/mol. The van der Waals surface area contributed by atoms with Gasteiger partial charge in [-0.2, -0.15) is 0 Å². The molecular weight excluding hydrogens is 1310 g/mol. The molecule has 19 heteroatoms. The standard InChI is InChI=1S/C81H158O17P2/c1-8-10-11-12-38-48-55-62-78(83)91-68-76(97-80(85)65-58-51-44-37-31-25-24-27-33-40-46-53-60-73(5)6)70-95-99(87,88)93-66-75(82)67-94-100(89,90)96-71-77(69-92-79(84)63-56-49-42-35-29-23-19-20-26-32-39-45-52-59-72(3)4)98-81(86)64-57-50-43-36-30-22-18-16-14-13-15-17-21-28-34-41-47-54-61-74(7)9-2/h72-77,82H,8-71H2,1-7H3,(H,87,88)(H,89,90)/t74?,75-,76+,77+/m0/s1. The zero-order valence-electron chi connectivity index (χ0n) is 65.7. The van der Waals surface area contributed by atoms with Crippen LogP contribution < -0.4 is 0 Å². The second-order valence-corrected chi connectivity index (χ2v) is 33.3. The van der Waals surface area contributed by atoms with E-state index in [4.69, 9.17) is 37.0 Å². The third-order valence-corrected chi connectivity index (χ3v) is 21.1. The average molecular weight is 1470 g/mol. The molecule has 0 aliphatic rings. The molecule has 100 heavy (non-hydrogen) atoms. The van der Waals surface area contributed by atoms with Crippen LogP contribution in [0.15, 0.2) is 0 Å². The zero-order chi connectivity index (χ0) is 73.7. The molecule has 0 saturated heterocycles. The van der Waals surface area contributed by atoms with Crippen molar-refractivity contribution in [2.75, 3.05) is 39.6 Å². The topological polar surface area (TPSA) is 237 Å². The molecule has 0 fully saturated rings. The van der Waals surface area contributed by atoms with Gasteiger partial charge in [0.05, 0.1) is 26.4 Å². The number of aliphatic hydroxyl groups excluding tert-OH is 1. The third kappa shape index (κ3) is 73.0. The van der Waals surface area contributed by atoms with Crippen LogP contribution in [0.2, 0.25) is 0 Å². The van der Waals surface area contributed by atoms with Crippen molar-refractivity contribution < 1.29 is 80.2 Å². The van der Waals surface area contributed by atoms with Crippen LogP contribution in [0.5, 0.6) is 0 Å². The highest BCUT2D eigenvalue weighted by molar-refractivity contribution is 7.47. The van der Waals surface area contributed by atoms with Crippen molar-refractivity contribution >= 4 is 39.5 Å². The van der Waals surface area contributed by atoms with E-state index in [0.717, 1.165) is 120 Å². The van der Waals surface area contributed by atoms with E-state index in [1.54, 1.807) is 0 Å². The van der Waals surface area contributed by atoms with E-state index in [-0.39, 0.29) is 25.7 Å². The molecular formula is C81H158O17P2. The van der Waals surface area contributed by atoms with Crippen molar-refractivity contribution in [1.82, 2.24) is 0 Å². The predicted molar refractivity (Wildman–Crippen MR) is 409 cm³/mol. The maximum Gasteiger partial charge on any atom is 0.472 e. The van der Waals surface area contributed by atoms with E-state index in [1.807, 2.05) is 0 Å². The number of carbonyl (C=O) groups excluding carboxylic acids is 4. The van der Waals surface area contributed by atoms with Crippen molar-refractivity contribution in [3.05, 3.63) is 0 Å². The normalized spacial score (nSPS) is 14.2. The second kappa shape index (κ2) is 71.3. The molecule has 0 aromatic rings. The minimum Gasteiger partial charge on any atom is -0.462 e. The first-order valence-corrected chi connectivity index (χ1v) is 44.9. The maximum absolute atomic E-state index is 13.1. The summed E-state index contributed by atoms with van der Waals surface area (Å²) in [4.78, 5) is 72.9. The highest BCUT2D eigenvalue weighted by Crippen LogP contribution is 2.45. The smallest absolute Gasteiger partial charge is 0.462 e. The number of phosphoric ester groups is 2. The van der Waals surface area contributed by atoms with Gasteiger partial charge in [-0.05, 0) is 43.4 Å². The zero-order valence-corrected chi connectivity index (χ0v) is 67.5. The van der Waals surface area contributed by atoms with Gasteiger partial charge < -0.3 is 33.8 Å². The minimum absolute atomic E-state index is 0.106. The van der Waals surface area contributed by atoms with Crippen molar-refractivity contribution in [1.29, 1.82) is 0 Å². The molecule has 0 aromatic heterocycles. The predicted octanol–water partition coefficient (Wildman–Crippen LogP) is 24.1. The van der Waals surface area contributed by atoms with Gasteiger partial charge in [-0.25, -0.2) is 9.13 Å². The Morgan fingerprint density at radius 2 is 0.510 bits per heavy atom. The van der Waals surface area contributed by atoms with E-state index in [2.05, 4.69) is 48.5 Å². The second-order valence-electron chi connectivity index (χ2n) is 30.4. The quantitative estimate of drug-likeness (QED) is 0.0222. The lowest BCUT2D eigenvalue weighted by atomic mass is 9.99. The van der Waals surface area contributed by atoms with Crippen LogP contribution in [0.25, 0.3) is 0 Å². The molecule has 0 aliphatic carbocycles. The molecule has 0 radical (unpaired) electrons. The first kappa shape index (κ1) is 98.1. The molecule has 0 rings (SSSR count). The minimum atomic E-state index is -4.96. The number of rotatable bonds is 79. The number of hydrogen-bond donors (Lipinski definition) is 3. The summed E-state index contributed by atoms with van der Waals surface area (Å²) in [6.45, 7) is 12.0. The summed E-state index contributed by atoms with van der Waals surface area (Å²) in [5.74, 6) is 0.323. The van der Waals surface area contributed by atoms with Crippen LogP contribution in [0.3, 0.4) is 0 Å². The van der Waals surface area contributed by atoms with E-state index in [1.165, 1.54) is 218 Å². The number of carbonyl (C=O) groups is 4. The van der Waals surface area contributed by atoms with Gasteiger partial charge in [-0.3, -0.25) is 37.3 Å². The average Bonchev–Trinajstić information content (AvgIpc) is 1.37. The first-order valence-electron chi connectivity index (χ1n) is 41.9. The summed E-state index contributed by atoms with van der Waals surface area (Å²) < 4.78 is 68.6. The Kier molecular flexibility index (Phi) is 69.9. The molecule has 0 aromatic carbocycles. The summed E-state index contributed by atoms with van der Waals surface area (Å²) >= 11 is 0. The molecule has 0 aliphatic heterocycles. The van der Waals surface area contributed by atoms with Crippen molar-refractivity contribution in [3.8, 4) is 0 Å². The van der Waals surface area contributed by atoms with Crippen LogP contribution in [0.4, 0.5) is 0 Å². The van der Waals surface area contributed by atoms with Crippen molar-refractivity contribution in [2.45, 2.75) is 439 Å². The maximum atomic E-state index is 13.1. The largest absolute Gasteiger partial charge is 0.472 e. The Morgan fingerprint density at radius 1 is 0.290 bits per heavy atom. The molecule has 0 spiro atoms. The van der Waals surface area contributed by atoms with Crippen molar-refractivity contribution in [2.24, 2.45) is 17.8 Å². The Balaban J connectivity index is 5.17. The number of aliphatic hydroxyl groups is 1. The number of esters is 4. The van der Waals surface area contributed by atoms with Crippen LogP contribution in [0, 0.1) is 17.8 Å². The Morgan fingerprint density at radius 3 is 0.760 bits per heavy atom. The highest BCUT2D eigenvalue weighted by Gasteiger charge is 2.30. The van der Waals surface area contributed by atoms with Gasteiger partial charge in [0.1, 0.15) is 19.3 Å². The molecule has 594 valence electrons. The first-order chi connectivity index (χ1) is 48.3. The van der Waals surface area contributed by atoms with Gasteiger partial charge in [0.2, 0.25) is 0 Å². The van der Waals surface area contributed by atoms with Crippen LogP contribution in [-0.2, 0) is 65.4 Å². The molecule has 3 N–H and O–H groups in total. The van der Waals surface area contributed by atoms with Gasteiger partial charge in [-0.15, -0.1) is 0 Å². The summed E-state index contributed by atoms with van der Waals surface area (Å²) in [5.41, 5.74) is 0. The highest BCUT2D eigenvalue weighted by atomic mass is 31.2. The molecule has 0 saturated carbocycles. The summed E-state index contributed by atoms with van der Waals surface area (Å²) in [6, 6.07) is 0. The summed E-state index contributed by atoms with van der Waals surface area (Å²) in [5, 5.41) is 10.6. The van der Waals surface area contributed by atoms with Crippen LogP contribution >= 0.6 is 15.6 Å². The van der Waals surface area contributed by atoms with Gasteiger partial charge >= 0.3 is 39.5 Å². The fourth-order valence-electron chi connectivity index (χ4n) is 12.5. The van der Waals surface area contributed by atoms with E-state index in [9.17, 15) is 43.2 Å². The summed E-state index contributed by atoms with van der Waals surface area (Å²) in [7, 11) is -9.91. The molecule has 0 amide bonds. The fourth-order valence-corrected chi connectivity index (χ4v) is 14.0. The molecule has 6 atom stereocenters. The van der Waals surface area contributed by atoms with Gasteiger partial charge in [0, 0.05) is 25.7 Å². The van der Waals surface area contributed by atoms with Gasteiger partial charge in [0.25, 0.3) is 0 Å². The van der Waals surface area contributed by atoms with Crippen LogP contribution in [-0.4, -0.2) is 96.7 Å². The lowest BCUT2D eigenvalue weighted by Crippen LogP contribution is -2.30. The SMILES string of the molecule is CCCCCCCCCC(=O)OC[C@H](COP(=O)(O)OC[C@H](O)COP(=O)(O)OC[C@@H](COC(=O)CCCCCCCCCCCCCCCC(C)C)OC(=O)CCCCCCCCCCCCCCCCCCCCC(C)CC)OC(=O)CCCCCCCCCCCCCCC(C)C. The third-order valence-electron chi connectivity index (χ3n) is 19.2. The Hall–Kier alpha value is -1.94. The van der Waals surface area contributed by atoms with Gasteiger partial charge in [0.15, 0.2) is 12.2 Å². The lowest BCUT2D eigenvalue weighted by Gasteiger charge is -2.21. The van der Waals surface area contributed by atoms with E-state index < -0.39 is 97.5 Å². The number of phosphoric acid groups is 2. The number of unbranched alkanes of at least 4 members (excludes halogenated alkanes) is 46. The number of hydrogen-bond acceptors (Lipinski definition) is 15. The lowest BCUT2D eigenvalue weighted by molar-refractivity contribution is -0.161. The van der Waals surface area contributed by atoms with Crippen LogP contribution in [0.1, 0.15) is 421 Å². The Labute approximate surface area is 613 Å². The van der Waals surface area contributed by atoms with E-state index in [0.29, 0.717) is 25.7 Å². The van der Waals surface area contributed by atoms with E-state index >= 15 is 0 Å². The molecule has 0 heterocycles. The summed E-state index contributed by atoms with van der Waals surface area (Å²) in [6.07, 6.45) is 59.8. The Bertz CT molecular complexity index is 1940.